The van der Waals surface area contributed by atoms with Gasteiger partial charge in [-0.2, -0.15) is 5.10 Å². The lowest BCUT2D eigenvalue weighted by molar-refractivity contribution is 0.129. The lowest BCUT2D eigenvalue weighted by atomic mass is 10.1. The number of pyridine rings is 1. The van der Waals surface area contributed by atoms with Crippen LogP contribution in [0, 0.1) is 0 Å². The van der Waals surface area contributed by atoms with Crippen LogP contribution in [-0.2, 0) is 11.3 Å². The molecule has 2 N–H and O–H groups in total. The van der Waals surface area contributed by atoms with Crippen LogP contribution in [0.3, 0.4) is 0 Å². The summed E-state index contributed by atoms with van der Waals surface area (Å²) in [6, 6.07) is 5.94. The minimum Gasteiger partial charge on any atom is -0.370 e. The van der Waals surface area contributed by atoms with Gasteiger partial charge in [0.25, 0.3) is 0 Å². The smallest absolute Gasteiger partial charge is 0.148 e. The largest absolute Gasteiger partial charge is 0.370 e. The summed E-state index contributed by atoms with van der Waals surface area (Å²) in [7, 11) is 1.69. The number of nitrogens with zero attached hydrogens (tertiary/aromatic N) is 3. The molecular formula is C21H26FN5O. The van der Waals surface area contributed by atoms with E-state index < -0.39 is 0 Å². The van der Waals surface area contributed by atoms with Crippen LogP contribution in [-0.4, -0.2) is 33.4 Å². The van der Waals surface area contributed by atoms with Gasteiger partial charge in [-0.25, -0.2) is 9.37 Å². The first-order valence-corrected chi connectivity index (χ1v) is 9.29. The molecule has 0 saturated carbocycles. The second-order valence-electron chi connectivity index (χ2n) is 6.65. The van der Waals surface area contributed by atoms with Crippen molar-refractivity contribution < 1.29 is 9.13 Å². The molecule has 28 heavy (non-hydrogen) atoms. The molecule has 1 atom stereocenters. The second kappa shape index (κ2) is 8.84. The maximum Gasteiger partial charge on any atom is 0.148 e. The summed E-state index contributed by atoms with van der Waals surface area (Å²) in [6.45, 7) is 6.72. The standard InChI is InChI=1S/C21H26FN5O/c1-5-27-18(11-19(26-27)24-12-14(2)8-9-15(3)22)20(28-4)17-13-25-21-16(17)7-6-10-23-21/h6-11,13,20H,5,12H2,1-4H3,(H,23,25)(H,24,26)/b14-8+,15-9+. The number of H-pyrrole nitrogens is 1. The van der Waals surface area contributed by atoms with E-state index in [1.807, 2.05) is 42.9 Å². The van der Waals surface area contributed by atoms with Crippen molar-refractivity contribution in [2.24, 2.45) is 0 Å². The van der Waals surface area contributed by atoms with Gasteiger partial charge in [-0.15, -0.1) is 0 Å². The molecular weight excluding hydrogens is 357 g/mol. The number of anilines is 1. The zero-order valence-corrected chi connectivity index (χ0v) is 16.7. The zero-order valence-electron chi connectivity index (χ0n) is 16.7. The number of allylic oxidation sites excluding steroid dienone is 3. The first-order valence-electron chi connectivity index (χ1n) is 9.29. The van der Waals surface area contributed by atoms with E-state index in [1.54, 1.807) is 19.4 Å². The van der Waals surface area contributed by atoms with Crippen LogP contribution in [0.2, 0.25) is 0 Å². The van der Waals surface area contributed by atoms with Gasteiger partial charge in [0, 0.05) is 49.6 Å². The van der Waals surface area contributed by atoms with E-state index in [2.05, 4.69) is 20.4 Å². The molecule has 7 heteroatoms. The molecule has 148 valence electrons. The van der Waals surface area contributed by atoms with E-state index in [0.717, 1.165) is 40.2 Å². The third-order valence-electron chi connectivity index (χ3n) is 4.53. The molecule has 0 amide bonds. The van der Waals surface area contributed by atoms with E-state index >= 15 is 0 Å². The fraction of sp³-hybridized carbons (Fsp3) is 0.333. The Labute approximate surface area is 164 Å². The molecule has 1 unspecified atom stereocenters. The van der Waals surface area contributed by atoms with Gasteiger partial charge in [-0.05, 0) is 39.0 Å². The van der Waals surface area contributed by atoms with Gasteiger partial charge in [0.1, 0.15) is 17.6 Å². The van der Waals surface area contributed by atoms with Crippen molar-refractivity contribution >= 4 is 16.9 Å². The van der Waals surface area contributed by atoms with E-state index in [0.29, 0.717) is 6.54 Å². The van der Waals surface area contributed by atoms with Crippen LogP contribution < -0.4 is 5.32 Å². The van der Waals surface area contributed by atoms with Gasteiger partial charge in [0.05, 0.1) is 11.5 Å². The van der Waals surface area contributed by atoms with Crippen LogP contribution in [0.1, 0.15) is 38.1 Å². The predicted octanol–water partition coefficient (Wildman–Crippen LogP) is 4.75. The highest BCUT2D eigenvalue weighted by Crippen LogP contribution is 2.32. The van der Waals surface area contributed by atoms with Gasteiger partial charge in [-0.1, -0.05) is 11.6 Å². The number of methoxy groups -OCH3 is 1. The van der Waals surface area contributed by atoms with E-state index in [4.69, 9.17) is 4.74 Å². The predicted molar refractivity (Wildman–Crippen MR) is 110 cm³/mol. The summed E-state index contributed by atoms with van der Waals surface area (Å²) in [5.41, 5.74) is 3.82. The Kier molecular flexibility index (Phi) is 6.26. The molecule has 0 aliphatic heterocycles. The third kappa shape index (κ3) is 4.31. The van der Waals surface area contributed by atoms with Crippen molar-refractivity contribution in [3.05, 3.63) is 65.4 Å². The monoisotopic (exact) mass is 383 g/mol. The number of hydrogen-bond acceptors (Lipinski definition) is 4. The summed E-state index contributed by atoms with van der Waals surface area (Å²) in [5.74, 6) is 0.540. The van der Waals surface area contributed by atoms with Crippen LogP contribution >= 0.6 is 0 Å². The van der Waals surface area contributed by atoms with Gasteiger partial charge in [0.2, 0.25) is 0 Å². The maximum absolute atomic E-state index is 12.9. The SMILES string of the molecule is CCn1nc(NC/C(C)=C/C=C(\C)F)cc1C(OC)c1c[nH]c2ncccc12. The highest BCUT2D eigenvalue weighted by molar-refractivity contribution is 5.80. The number of ether oxygens (including phenoxy) is 1. The Morgan fingerprint density at radius 2 is 2.21 bits per heavy atom. The Balaban J connectivity index is 1.86. The van der Waals surface area contributed by atoms with Crippen molar-refractivity contribution in [3.8, 4) is 0 Å². The molecule has 3 aromatic heterocycles. The first kappa shape index (κ1) is 19.8. The molecule has 0 bridgehead atoms. The number of aromatic nitrogens is 4. The summed E-state index contributed by atoms with van der Waals surface area (Å²) in [6.07, 6.45) is 6.65. The van der Waals surface area contributed by atoms with E-state index in [-0.39, 0.29) is 11.9 Å². The number of halogens is 1. The average Bonchev–Trinajstić information content (AvgIpc) is 3.30. The second-order valence-corrected chi connectivity index (χ2v) is 6.65. The lowest BCUT2D eigenvalue weighted by Crippen LogP contribution is -2.11. The number of aryl methyl sites for hydroxylation is 1. The minimum absolute atomic E-state index is 0.215. The molecule has 0 radical (unpaired) electrons. The number of nitrogens with one attached hydrogen (secondary N) is 2. The summed E-state index contributed by atoms with van der Waals surface area (Å²) < 4.78 is 20.6. The van der Waals surface area contributed by atoms with E-state index in [9.17, 15) is 4.39 Å². The molecule has 3 heterocycles. The fourth-order valence-electron chi connectivity index (χ4n) is 3.13. The van der Waals surface area contributed by atoms with Crippen molar-refractivity contribution in [3.63, 3.8) is 0 Å². The molecule has 0 aromatic carbocycles. The fourth-order valence-corrected chi connectivity index (χ4v) is 3.13. The van der Waals surface area contributed by atoms with Crippen LogP contribution in [0.25, 0.3) is 11.0 Å². The molecule has 0 fully saturated rings. The van der Waals surface area contributed by atoms with E-state index in [1.165, 1.54) is 13.0 Å². The summed E-state index contributed by atoms with van der Waals surface area (Å²) in [5, 5.41) is 8.96. The quantitative estimate of drug-likeness (QED) is 0.551. The Hall–Kier alpha value is -2.93. The first-order chi connectivity index (χ1) is 13.5. The number of aromatic amines is 1. The van der Waals surface area contributed by atoms with Crippen molar-refractivity contribution in [2.75, 3.05) is 19.0 Å². The van der Waals surface area contributed by atoms with Gasteiger partial charge in [0.15, 0.2) is 0 Å². The minimum atomic E-state index is -0.269. The van der Waals surface area contributed by atoms with Gasteiger partial charge >= 0.3 is 0 Å². The van der Waals surface area contributed by atoms with Crippen LogP contribution in [0.4, 0.5) is 10.2 Å². The number of fused-ring (bicyclic) bond motifs is 1. The third-order valence-corrected chi connectivity index (χ3v) is 4.53. The van der Waals surface area contributed by atoms with Crippen molar-refractivity contribution in [2.45, 2.75) is 33.4 Å². The topological polar surface area (TPSA) is 67.8 Å². The van der Waals surface area contributed by atoms with Gasteiger partial charge < -0.3 is 15.0 Å². The van der Waals surface area contributed by atoms with Crippen LogP contribution in [0.15, 0.2) is 54.1 Å². The summed E-state index contributed by atoms with van der Waals surface area (Å²) >= 11 is 0. The average molecular weight is 383 g/mol. The lowest BCUT2D eigenvalue weighted by Gasteiger charge is -2.16. The molecule has 0 aliphatic carbocycles. The Morgan fingerprint density at radius 1 is 1.39 bits per heavy atom. The molecule has 0 aliphatic rings. The normalized spacial score (nSPS) is 13.9. The molecule has 6 nitrogen and oxygen atoms in total. The number of hydrogen-bond donors (Lipinski definition) is 2. The van der Waals surface area contributed by atoms with Crippen molar-refractivity contribution in [1.29, 1.82) is 0 Å². The molecule has 0 spiro atoms. The number of rotatable bonds is 8. The summed E-state index contributed by atoms with van der Waals surface area (Å²) in [4.78, 5) is 7.56. The highest BCUT2D eigenvalue weighted by Gasteiger charge is 2.22. The molecule has 3 aromatic rings. The molecule has 3 rings (SSSR count). The Bertz CT molecular complexity index is 997. The van der Waals surface area contributed by atoms with Crippen LogP contribution in [0.5, 0.6) is 0 Å². The Morgan fingerprint density at radius 3 is 2.93 bits per heavy atom. The molecule has 0 saturated heterocycles. The maximum atomic E-state index is 12.9. The van der Waals surface area contributed by atoms with Crippen molar-refractivity contribution in [1.82, 2.24) is 19.7 Å². The zero-order chi connectivity index (χ0) is 20.1. The highest BCUT2D eigenvalue weighted by atomic mass is 19.1. The van der Waals surface area contributed by atoms with Gasteiger partial charge in [-0.3, -0.25) is 4.68 Å².